The van der Waals surface area contributed by atoms with E-state index >= 15 is 0 Å². The Hall–Kier alpha value is -1.42. The summed E-state index contributed by atoms with van der Waals surface area (Å²) in [5, 5.41) is 28.7. The average molecular weight is 209 g/mol. The van der Waals surface area contributed by atoms with Crippen LogP contribution in [0.5, 0.6) is 17.2 Å². The van der Waals surface area contributed by atoms with E-state index in [1.165, 1.54) is 12.1 Å². The fraction of sp³-hybridized carbons (Fsp3) is 0.455. The van der Waals surface area contributed by atoms with Crippen molar-refractivity contribution in [2.75, 3.05) is 6.54 Å². The highest BCUT2D eigenvalue weighted by atomic mass is 16.3. The molecule has 1 aromatic rings. The van der Waals surface area contributed by atoms with Gasteiger partial charge in [0.2, 0.25) is 0 Å². The van der Waals surface area contributed by atoms with Crippen LogP contribution < -0.4 is 5.73 Å². The van der Waals surface area contributed by atoms with E-state index in [1.807, 2.05) is 0 Å². The largest absolute Gasteiger partial charge is 0.508 e. The van der Waals surface area contributed by atoms with E-state index in [-0.39, 0.29) is 22.7 Å². The van der Waals surface area contributed by atoms with Gasteiger partial charge >= 0.3 is 0 Å². The zero-order chi connectivity index (χ0) is 11.1. The summed E-state index contributed by atoms with van der Waals surface area (Å²) in [6.45, 7) is 0.402. The Morgan fingerprint density at radius 3 is 2.00 bits per heavy atom. The maximum Gasteiger partial charge on any atom is 0.126 e. The van der Waals surface area contributed by atoms with Crippen LogP contribution in [0.4, 0.5) is 0 Å². The van der Waals surface area contributed by atoms with Crippen molar-refractivity contribution < 1.29 is 15.3 Å². The number of aromatic hydroxyl groups is 3. The van der Waals surface area contributed by atoms with Crippen LogP contribution >= 0.6 is 0 Å². The minimum Gasteiger partial charge on any atom is -0.508 e. The Morgan fingerprint density at radius 2 is 1.67 bits per heavy atom. The molecule has 0 bridgehead atoms. The van der Waals surface area contributed by atoms with Crippen molar-refractivity contribution in [3.05, 3.63) is 17.7 Å². The average Bonchev–Trinajstić information content (AvgIpc) is 2.07. The van der Waals surface area contributed by atoms with E-state index in [4.69, 9.17) is 5.73 Å². The lowest BCUT2D eigenvalue weighted by atomic mass is 9.64. The zero-order valence-electron chi connectivity index (χ0n) is 8.40. The molecule has 0 spiro atoms. The quantitative estimate of drug-likeness (QED) is 0.589. The number of hydrogen-bond acceptors (Lipinski definition) is 4. The molecule has 4 nitrogen and oxygen atoms in total. The summed E-state index contributed by atoms with van der Waals surface area (Å²) >= 11 is 0. The van der Waals surface area contributed by atoms with E-state index in [9.17, 15) is 15.3 Å². The first-order valence-corrected chi connectivity index (χ1v) is 5.04. The molecule has 0 unspecified atom stereocenters. The molecular weight excluding hydrogens is 194 g/mol. The van der Waals surface area contributed by atoms with E-state index < -0.39 is 0 Å². The number of nitrogens with two attached hydrogens (primary N) is 1. The van der Waals surface area contributed by atoms with Gasteiger partial charge in [0.1, 0.15) is 17.2 Å². The first kappa shape index (κ1) is 10.1. The molecule has 1 aliphatic carbocycles. The second-order valence-electron chi connectivity index (χ2n) is 4.20. The van der Waals surface area contributed by atoms with Gasteiger partial charge in [-0.1, -0.05) is 6.42 Å². The van der Waals surface area contributed by atoms with E-state index in [0.717, 1.165) is 19.3 Å². The molecule has 0 amide bonds. The van der Waals surface area contributed by atoms with Crippen molar-refractivity contribution in [2.45, 2.75) is 24.7 Å². The summed E-state index contributed by atoms with van der Waals surface area (Å²) in [6.07, 6.45) is 2.79. The van der Waals surface area contributed by atoms with E-state index in [0.29, 0.717) is 12.1 Å². The van der Waals surface area contributed by atoms with Gasteiger partial charge in [0.25, 0.3) is 0 Å². The topological polar surface area (TPSA) is 86.7 Å². The van der Waals surface area contributed by atoms with Crippen LogP contribution in [0.3, 0.4) is 0 Å². The fourth-order valence-corrected chi connectivity index (χ4v) is 2.30. The molecular formula is C11H15NO3. The third kappa shape index (κ3) is 1.41. The summed E-state index contributed by atoms with van der Waals surface area (Å²) in [4.78, 5) is 0. The van der Waals surface area contributed by atoms with Crippen LogP contribution in [0.1, 0.15) is 24.8 Å². The van der Waals surface area contributed by atoms with Gasteiger partial charge in [-0.05, 0) is 12.8 Å². The molecule has 1 aliphatic rings. The second kappa shape index (κ2) is 3.31. The van der Waals surface area contributed by atoms with Crippen LogP contribution in [0, 0.1) is 0 Å². The third-order valence-corrected chi connectivity index (χ3v) is 3.31. The molecule has 82 valence electrons. The number of phenols is 3. The predicted molar refractivity (Wildman–Crippen MR) is 56.0 cm³/mol. The van der Waals surface area contributed by atoms with Gasteiger partial charge in [0, 0.05) is 29.7 Å². The Bertz CT molecular complexity index is 357. The van der Waals surface area contributed by atoms with Crippen LogP contribution in [-0.2, 0) is 5.41 Å². The minimum absolute atomic E-state index is 0.0716. The predicted octanol–water partition coefficient (Wildman–Crippen LogP) is 1.18. The van der Waals surface area contributed by atoms with Crippen molar-refractivity contribution in [3.63, 3.8) is 0 Å². The van der Waals surface area contributed by atoms with Crippen LogP contribution in [0.15, 0.2) is 12.1 Å². The van der Waals surface area contributed by atoms with Crippen molar-refractivity contribution >= 4 is 0 Å². The molecule has 2 rings (SSSR count). The minimum atomic E-state index is -0.304. The SMILES string of the molecule is NCC1(c2c(O)cc(O)cc2O)CCC1. The van der Waals surface area contributed by atoms with Gasteiger partial charge in [0.15, 0.2) is 0 Å². The highest BCUT2D eigenvalue weighted by Gasteiger charge is 2.41. The lowest BCUT2D eigenvalue weighted by Gasteiger charge is -2.41. The van der Waals surface area contributed by atoms with E-state index in [1.54, 1.807) is 0 Å². The molecule has 4 heteroatoms. The van der Waals surface area contributed by atoms with Crippen molar-refractivity contribution in [1.82, 2.24) is 0 Å². The number of hydrogen-bond donors (Lipinski definition) is 4. The summed E-state index contributed by atoms with van der Waals surface area (Å²) < 4.78 is 0. The normalized spacial score (nSPS) is 18.5. The van der Waals surface area contributed by atoms with Crippen molar-refractivity contribution in [3.8, 4) is 17.2 Å². The summed E-state index contributed by atoms with van der Waals surface area (Å²) in [6, 6.07) is 2.48. The van der Waals surface area contributed by atoms with E-state index in [2.05, 4.69) is 0 Å². The summed E-state index contributed by atoms with van der Waals surface area (Å²) in [5.41, 5.74) is 5.87. The summed E-state index contributed by atoms with van der Waals surface area (Å²) in [5.74, 6) is -0.282. The fourth-order valence-electron chi connectivity index (χ4n) is 2.30. The van der Waals surface area contributed by atoms with Gasteiger partial charge in [-0.25, -0.2) is 0 Å². The molecule has 1 saturated carbocycles. The van der Waals surface area contributed by atoms with Crippen LogP contribution in [0.25, 0.3) is 0 Å². The first-order chi connectivity index (χ1) is 7.09. The maximum atomic E-state index is 9.73. The molecule has 0 heterocycles. The van der Waals surface area contributed by atoms with Gasteiger partial charge in [-0.15, -0.1) is 0 Å². The van der Waals surface area contributed by atoms with Gasteiger partial charge < -0.3 is 21.1 Å². The molecule has 15 heavy (non-hydrogen) atoms. The van der Waals surface area contributed by atoms with Crippen molar-refractivity contribution in [1.29, 1.82) is 0 Å². The summed E-state index contributed by atoms with van der Waals surface area (Å²) in [7, 11) is 0. The molecule has 0 atom stereocenters. The monoisotopic (exact) mass is 209 g/mol. The Balaban J connectivity index is 2.52. The molecule has 0 radical (unpaired) electrons. The number of benzene rings is 1. The highest BCUT2D eigenvalue weighted by molar-refractivity contribution is 5.53. The second-order valence-corrected chi connectivity index (χ2v) is 4.20. The Labute approximate surface area is 88.0 Å². The van der Waals surface area contributed by atoms with Gasteiger partial charge in [0.05, 0.1) is 0 Å². The Morgan fingerprint density at radius 1 is 1.13 bits per heavy atom. The van der Waals surface area contributed by atoms with Gasteiger partial charge in [-0.3, -0.25) is 0 Å². The number of rotatable bonds is 2. The standard InChI is InChI=1S/C11H15NO3/c12-6-11(2-1-3-11)10-8(14)4-7(13)5-9(10)15/h4-5,13-15H,1-3,6,12H2. The molecule has 0 saturated heterocycles. The molecule has 1 aromatic carbocycles. The maximum absolute atomic E-state index is 9.73. The molecule has 0 aromatic heterocycles. The smallest absolute Gasteiger partial charge is 0.126 e. The first-order valence-electron chi connectivity index (χ1n) is 5.04. The molecule has 5 N–H and O–H groups in total. The lowest BCUT2D eigenvalue weighted by molar-refractivity contribution is 0.236. The highest BCUT2D eigenvalue weighted by Crippen LogP contribution is 2.50. The van der Waals surface area contributed by atoms with Crippen LogP contribution in [-0.4, -0.2) is 21.9 Å². The van der Waals surface area contributed by atoms with Crippen LogP contribution in [0.2, 0.25) is 0 Å². The molecule has 0 aliphatic heterocycles. The zero-order valence-corrected chi connectivity index (χ0v) is 8.40. The lowest BCUT2D eigenvalue weighted by Crippen LogP contribution is -2.41. The van der Waals surface area contributed by atoms with Gasteiger partial charge in [-0.2, -0.15) is 0 Å². The van der Waals surface area contributed by atoms with Crippen molar-refractivity contribution in [2.24, 2.45) is 5.73 Å². The number of phenolic OH excluding ortho intramolecular Hbond substituents is 3. The third-order valence-electron chi connectivity index (χ3n) is 3.31. The Kier molecular flexibility index (Phi) is 2.23. The molecule has 1 fully saturated rings.